The number of carbonyl (C=O) groups is 4. The van der Waals surface area contributed by atoms with E-state index in [1.54, 1.807) is 0 Å². The monoisotopic (exact) mass is 410 g/mol. The molecule has 0 amide bonds. The molecule has 0 saturated carbocycles. The van der Waals surface area contributed by atoms with Gasteiger partial charge in [0.2, 0.25) is 0 Å². The summed E-state index contributed by atoms with van der Waals surface area (Å²) in [5.74, 6) is -2.52. The third-order valence-corrected chi connectivity index (χ3v) is 3.67. The van der Waals surface area contributed by atoms with Crippen molar-refractivity contribution in [1.29, 1.82) is 0 Å². The average Bonchev–Trinajstić information content (AvgIpc) is 2.42. The summed E-state index contributed by atoms with van der Waals surface area (Å²) in [6.45, 7) is 4.47. The van der Waals surface area contributed by atoms with Crippen molar-refractivity contribution in [2.24, 2.45) is 0 Å². The van der Waals surface area contributed by atoms with E-state index in [-0.39, 0.29) is 6.61 Å². The third-order valence-electron chi connectivity index (χ3n) is 2.93. The Morgan fingerprint density at radius 3 is 1.71 bits per heavy atom. The SMILES string of the molecule is CC(=O)OC[C@@H]1O[C@@H](Br)[C@@H](OC(C)=O)[C@@H](OC(C)=O)[C@@H]1OC(C)=O. The minimum absolute atomic E-state index is 0.236. The number of halogens is 1. The minimum atomic E-state index is -1.13. The zero-order chi connectivity index (χ0) is 18.4. The maximum Gasteiger partial charge on any atom is 0.303 e. The zero-order valence-electron chi connectivity index (χ0n) is 13.6. The Bertz CT molecular complexity index is 506. The van der Waals surface area contributed by atoms with E-state index >= 15 is 0 Å². The van der Waals surface area contributed by atoms with Gasteiger partial charge in [0.1, 0.15) is 12.7 Å². The highest BCUT2D eigenvalue weighted by Gasteiger charge is 2.51. The maximum absolute atomic E-state index is 11.4. The summed E-state index contributed by atoms with van der Waals surface area (Å²) in [6.07, 6.45) is -4.22. The molecule has 1 heterocycles. The van der Waals surface area contributed by atoms with Gasteiger partial charge in [0.15, 0.2) is 23.3 Å². The largest absolute Gasteiger partial charge is 0.463 e. The van der Waals surface area contributed by atoms with Gasteiger partial charge >= 0.3 is 23.9 Å². The van der Waals surface area contributed by atoms with Crippen molar-refractivity contribution in [2.45, 2.75) is 57.1 Å². The first-order valence-corrected chi connectivity index (χ1v) is 7.98. The van der Waals surface area contributed by atoms with E-state index in [9.17, 15) is 19.2 Å². The van der Waals surface area contributed by atoms with Crippen LogP contribution in [0.2, 0.25) is 0 Å². The van der Waals surface area contributed by atoms with Crippen LogP contribution >= 0.6 is 15.9 Å². The molecule has 0 spiro atoms. The van der Waals surface area contributed by atoms with E-state index in [1.165, 1.54) is 13.8 Å². The molecule has 0 N–H and O–H groups in total. The second kappa shape index (κ2) is 8.97. The van der Waals surface area contributed by atoms with Gasteiger partial charge in [0.25, 0.3) is 0 Å². The molecule has 0 radical (unpaired) electrons. The lowest BCUT2D eigenvalue weighted by Crippen LogP contribution is -2.60. The Kier molecular flexibility index (Phi) is 7.61. The molecule has 0 aromatic rings. The van der Waals surface area contributed by atoms with Gasteiger partial charge in [-0.25, -0.2) is 0 Å². The van der Waals surface area contributed by atoms with Crippen LogP contribution in [0.5, 0.6) is 0 Å². The molecule has 1 fully saturated rings. The molecule has 0 aliphatic carbocycles. The third kappa shape index (κ3) is 6.08. The van der Waals surface area contributed by atoms with Gasteiger partial charge in [-0.1, -0.05) is 15.9 Å². The van der Waals surface area contributed by atoms with Crippen LogP contribution in [0.25, 0.3) is 0 Å². The van der Waals surface area contributed by atoms with Crippen molar-refractivity contribution in [3.8, 4) is 0 Å². The van der Waals surface area contributed by atoms with Crippen molar-refractivity contribution in [3.05, 3.63) is 0 Å². The molecule has 136 valence electrons. The van der Waals surface area contributed by atoms with Crippen LogP contribution in [-0.4, -0.2) is 59.9 Å². The Hall–Kier alpha value is -1.68. The Morgan fingerprint density at radius 2 is 1.25 bits per heavy atom. The second-order valence-corrected chi connectivity index (χ2v) is 5.95. The molecule has 1 saturated heterocycles. The molecule has 1 aliphatic heterocycles. The molecule has 5 atom stereocenters. The number of hydrogen-bond donors (Lipinski definition) is 0. The first-order chi connectivity index (χ1) is 11.1. The molecular formula is C14H19BrO9. The first-order valence-electron chi connectivity index (χ1n) is 7.06. The molecule has 24 heavy (non-hydrogen) atoms. The van der Waals surface area contributed by atoms with E-state index in [4.69, 9.17) is 23.7 Å². The predicted octanol–water partition coefficient (Wildman–Crippen LogP) is 0.464. The van der Waals surface area contributed by atoms with Crippen LogP contribution in [0.3, 0.4) is 0 Å². The number of hydrogen-bond acceptors (Lipinski definition) is 9. The summed E-state index contributed by atoms with van der Waals surface area (Å²) in [6, 6.07) is 0. The van der Waals surface area contributed by atoms with Crippen LogP contribution in [0, 0.1) is 0 Å². The number of rotatable bonds is 5. The van der Waals surface area contributed by atoms with Crippen molar-refractivity contribution in [2.75, 3.05) is 6.61 Å². The van der Waals surface area contributed by atoms with Crippen LogP contribution in [0.4, 0.5) is 0 Å². The van der Waals surface area contributed by atoms with Gasteiger partial charge in [-0.15, -0.1) is 0 Å². The van der Waals surface area contributed by atoms with E-state index in [0.717, 1.165) is 13.8 Å². The quantitative estimate of drug-likeness (QED) is 0.362. The second-order valence-electron chi connectivity index (χ2n) is 5.05. The lowest BCUT2D eigenvalue weighted by atomic mass is 9.99. The number of alkyl halides is 1. The fraction of sp³-hybridized carbons (Fsp3) is 0.714. The number of ether oxygens (including phenoxy) is 5. The lowest BCUT2D eigenvalue weighted by molar-refractivity contribution is -0.236. The van der Waals surface area contributed by atoms with Gasteiger partial charge in [-0.3, -0.25) is 19.2 Å². The number of carbonyl (C=O) groups excluding carboxylic acids is 4. The molecule has 10 heteroatoms. The van der Waals surface area contributed by atoms with Crippen molar-refractivity contribution in [3.63, 3.8) is 0 Å². The Morgan fingerprint density at radius 1 is 0.792 bits per heavy atom. The first kappa shape index (κ1) is 20.4. The van der Waals surface area contributed by atoms with Crippen molar-refractivity contribution < 1.29 is 42.9 Å². The summed E-state index contributed by atoms with van der Waals surface area (Å²) < 4.78 is 25.9. The van der Waals surface area contributed by atoms with Crippen LogP contribution in [0.1, 0.15) is 27.7 Å². The van der Waals surface area contributed by atoms with Crippen LogP contribution < -0.4 is 0 Å². The van der Waals surface area contributed by atoms with Gasteiger partial charge in [0.05, 0.1) is 0 Å². The van der Waals surface area contributed by atoms with E-state index in [0.29, 0.717) is 0 Å². The van der Waals surface area contributed by atoms with Gasteiger partial charge in [0, 0.05) is 27.7 Å². The highest BCUT2D eigenvalue weighted by atomic mass is 79.9. The molecule has 0 aromatic heterocycles. The highest BCUT2D eigenvalue weighted by Crippen LogP contribution is 2.31. The molecule has 0 bridgehead atoms. The average molecular weight is 411 g/mol. The highest BCUT2D eigenvalue weighted by molar-refractivity contribution is 9.09. The van der Waals surface area contributed by atoms with Crippen molar-refractivity contribution in [1.82, 2.24) is 0 Å². The summed E-state index contributed by atoms with van der Waals surface area (Å²) >= 11 is 3.18. The molecule has 0 unspecified atom stereocenters. The zero-order valence-corrected chi connectivity index (χ0v) is 15.2. The standard InChI is InChI=1S/C14H19BrO9/c1-6(16)20-5-10-11(21-7(2)17)12(22-8(3)18)13(14(15)24-10)23-9(4)19/h10-14H,5H2,1-4H3/t10-,11+,12-,13-,14+/m0/s1. The van der Waals surface area contributed by atoms with Gasteiger partial charge < -0.3 is 23.7 Å². The molecular weight excluding hydrogens is 392 g/mol. The molecule has 0 aromatic carbocycles. The topological polar surface area (TPSA) is 114 Å². The summed E-state index contributed by atoms with van der Waals surface area (Å²) in [7, 11) is 0. The van der Waals surface area contributed by atoms with E-state index < -0.39 is 53.3 Å². The predicted molar refractivity (Wildman–Crippen MR) is 80.9 cm³/mol. The minimum Gasteiger partial charge on any atom is -0.463 e. The summed E-state index contributed by atoms with van der Waals surface area (Å²) in [5.41, 5.74) is 0. The lowest BCUT2D eigenvalue weighted by Gasteiger charge is -2.42. The van der Waals surface area contributed by atoms with Gasteiger partial charge in [-0.2, -0.15) is 0 Å². The summed E-state index contributed by atoms with van der Waals surface area (Å²) in [4.78, 5) is 45.1. The normalized spacial score (nSPS) is 29.3. The smallest absolute Gasteiger partial charge is 0.303 e. The van der Waals surface area contributed by atoms with Crippen molar-refractivity contribution >= 4 is 39.8 Å². The van der Waals surface area contributed by atoms with Crippen LogP contribution in [0.15, 0.2) is 0 Å². The van der Waals surface area contributed by atoms with E-state index in [1.807, 2.05) is 0 Å². The maximum atomic E-state index is 11.4. The number of esters is 4. The van der Waals surface area contributed by atoms with Gasteiger partial charge in [-0.05, 0) is 0 Å². The fourth-order valence-electron chi connectivity index (χ4n) is 2.18. The molecule has 1 rings (SSSR count). The molecule has 9 nitrogen and oxygen atoms in total. The Balaban J connectivity index is 3.11. The Labute approximate surface area is 147 Å². The van der Waals surface area contributed by atoms with Crippen LogP contribution in [-0.2, 0) is 42.9 Å². The molecule has 1 aliphatic rings. The van der Waals surface area contributed by atoms with E-state index in [2.05, 4.69) is 15.9 Å². The summed E-state index contributed by atoms with van der Waals surface area (Å²) in [5, 5.41) is -0.863. The fourth-order valence-corrected chi connectivity index (χ4v) is 2.86.